The summed E-state index contributed by atoms with van der Waals surface area (Å²) in [4.78, 5) is 0. The number of hydrogen-bond acceptors (Lipinski definition) is 1. The van der Waals surface area contributed by atoms with Gasteiger partial charge in [-0.2, -0.15) is 4.39 Å². The van der Waals surface area contributed by atoms with Crippen LogP contribution < -0.4 is 4.74 Å². The monoisotopic (exact) mass is 368 g/mol. The Hall–Kier alpha value is -2.68. The molecule has 0 aliphatic rings. The zero-order valence-electron chi connectivity index (χ0n) is 16.0. The number of benzene rings is 2. The van der Waals surface area contributed by atoms with Crippen molar-refractivity contribution in [2.75, 3.05) is 6.61 Å². The van der Waals surface area contributed by atoms with Gasteiger partial charge >= 0.3 is 0 Å². The lowest BCUT2D eigenvalue weighted by Gasteiger charge is -2.10. The highest BCUT2D eigenvalue weighted by Gasteiger charge is 2.15. The Kier molecular flexibility index (Phi) is 7.54. The topological polar surface area (TPSA) is 9.23 Å². The number of aryl methyl sites for hydroxylation is 1. The molecule has 0 saturated carbocycles. The van der Waals surface area contributed by atoms with Gasteiger partial charge in [0.05, 0.1) is 6.61 Å². The van der Waals surface area contributed by atoms with Gasteiger partial charge < -0.3 is 4.74 Å². The summed E-state index contributed by atoms with van der Waals surface area (Å²) in [7, 11) is 0. The molecule has 0 aliphatic heterocycles. The van der Waals surface area contributed by atoms with Crippen molar-refractivity contribution in [1.29, 1.82) is 0 Å². The normalized spacial score (nSPS) is 11.0. The van der Waals surface area contributed by atoms with Gasteiger partial charge in [-0.05, 0) is 49.4 Å². The molecule has 3 heteroatoms. The summed E-state index contributed by atoms with van der Waals surface area (Å²) in [6, 6.07) is 10.5. The molecule has 2 rings (SSSR count). The molecular weight excluding hydrogens is 342 g/mol. The number of hydrogen-bond donors (Lipinski definition) is 0. The van der Waals surface area contributed by atoms with E-state index in [4.69, 9.17) is 4.74 Å². The van der Waals surface area contributed by atoms with Crippen molar-refractivity contribution >= 4 is 0 Å². The Balaban J connectivity index is 2.05. The number of allylic oxidation sites excluding steroid dienone is 4. The Morgan fingerprint density at radius 1 is 0.926 bits per heavy atom. The van der Waals surface area contributed by atoms with E-state index >= 15 is 0 Å². The summed E-state index contributed by atoms with van der Waals surface area (Å²) in [5.41, 5.74) is 4.09. The third kappa shape index (κ3) is 5.65. The van der Waals surface area contributed by atoms with Gasteiger partial charge in [0.2, 0.25) is 5.82 Å². The molecule has 0 fully saturated rings. The first kappa shape index (κ1) is 20.6. The van der Waals surface area contributed by atoms with E-state index in [-0.39, 0.29) is 17.9 Å². The summed E-state index contributed by atoms with van der Waals surface area (Å²) in [6.07, 6.45) is 6.59. The molecule has 0 N–H and O–H groups in total. The van der Waals surface area contributed by atoms with Crippen LogP contribution in [0.25, 0.3) is 11.1 Å². The molecule has 0 spiro atoms. The van der Waals surface area contributed by atoms with Gasteiger partial charge in [-0.25, -0.2) is 4.39 Å². The predicted molar refractivity (Wildman–Crippen MR) is 109 cm³/mol. The molecule has 0 radical (unpaired) electrons. The highest BCUT2D eigenvalue weighted by atomic mass is 19.2. The van der Waals surface area contributed by atoms with E-state index in [1.165, 1.54) is 6.07 Å². The second-order valence-electron chi connectivity index (χ2n) is 6.37. The number of rotatable bonds is 9. The SMILES string of the molecule is C=C(/C=C\C(=C)CCc1ccc(-c2ccc(OCC)c(F)c2F)cc1)CC. The van der Waals surface area contributed by atoms with Crippen LogP contribution in [-0.2, 0) is 6.42 Å². The summed E-state index contributed by atoms with van der Waals surface area (Å²) in [6.45, 7) is 12.1. The van der Waals surface area contributed by atoms with Crippen molar-refractivity contribution in [2.24, 2.45) is 0 Å². The summed E-state index contributed by atoms with van der Waals surface area (Å²) >= 11 is 0. The summed E-state index contributed by atoms with van der Waals surface area (Å²) < 4.78 is 33.5. The summed E-state index contributed by atoms with van der Waals surface area (Å²) in [5.74, 6) is -1.90. The quantitative estimate of drug-likeness (QED) is 0.431. The molecule has 142 valence electrons. The van der Waals surface area contributed by atoms with E-state index in [9.17, 15) is 8.78 Å². The summed E-state index contributed by atoms with van der Waals surface area (Å²) in [5, 5.41) is 0. The smallest absolute Gasteiger partial charge is 0.201 e. The minimum Gasteiger partial charge on any atom is -0.491 e. The van der Waals surface area contributed by atoms with Crippen molar-refractivity contribution in [3.05, 3.63) is 90.1 Å². The first-order valence-electron chi connectivity index (χ1n) is 9.20. The highest BCUT2D eigenvalue weighted by molar-refractivity contribution is 5.65. The number of halogens is 2. The largest absolute Gasteiger partial charge is 0.491 e. The molecule has 0 unspecified atom stereocenters. The fourth-order valence-electron chi connectivity index (χ4n) is 2.61. The van der Waals surface area contributed by atoms with Crippen molar-refractivity contribution < 1.29 is 13.5 Å². The molecule has 2 aromatic carbocycles. The fraction of sp³-hybridized carbons (Fsp3) is 0.250. The van der Waals surface area contributed by atoms with Gasteiger partial charge in [0.15, 0.2) is 11.6 Å². The van der Waals surface area contributed by atoms with Crippen LogP contribution in [-0.4, -0.2) is 6.61 Å². The van der Waals surface area contributed by atoms with Gasteiger partial charge in [-0.15, -0.1) is 0 Å². The molecule has 0 heterocycles. The molecule has 1 nitrogen and oxygen atoms in total. The third-order valence-electron chi connectivity index (χ3n) is 4.36. The maximum Gasteiger partial charge on any atom is 0.201 e. The van der Waals surface area contributed by atoms with E-state index in [0.717, 1.165) is 36.0 Å². The maximum absolute atomic E-state index is 14.3. The van der Waals surface area contributed by atoms with Crippen LogP contribution in [0.5, 0.6) is 5.75 Å². The Morgan fingerprint density at radius 3 is 2.22 bits per heavy atom. The Labute approximate surface area is 160 Å². The molecule has 0 atom stereocenters. The molecule has 27 heavy (non-hydrogen) atoms. The van der Waals surface area contributed by atoms with Gasteiger partial charge in [-0.3, -0.25) is 0 Å². The van der Waals surface area contributed by atoms with Crippen LogP contribution >= 0.6 is 0 Å². The maximum atomic E-state index is 14.3. The van der Waals surface area contributed by atoms with Crippen molar-refractivity contribution in [3.8, 4) is 16.9 Å². The predicted octanol–water partition coefficient (Wildman–Crippen LogP) is 7.04. The van der Waals surface area contributed by atoms with E-state index < -0.39 is 11.6 Å². The van der Waals surface area contributed by atoms with Crippen LogP contribution in [0.2, 0.25) is 0 Å². The van der Waals surface area contributed by atoms with Gasteiger partial charge in [0.1, 0.15) is 0 Å². The molecular formula is C24H26F2O. The molecule has 0 bridgehead atoms. The van der Waals surface area contributed by atoms with Gasteiger partial charge in [0.25, 0.3) is 0 Å². The second kappa shape index (κ2) is 9.86. The minimum atomic E-state index is -0.949. The highest BCUT2D eigenvalue weighted by Crippen LogP contribution is 2.30. The zero-order chi connectivity index (χ0) is 19.8. The molecule has 0 saturated heterocycles. The van der Waals surface area contributed by atoms with Gasteiger partial charge in [-0.1, -0.05) is 67.6 Å². The average molecular weight is 368 g/mol. The Bertz CT molecular complexity index is 832. The van der Waals surface area contributed by atoms with Crippen molar-refractivity contribution in [2.45, 2.75) is 33.1 Å². The van der Waals surface area contributed by atoms with Crippen LogP contribution in [0, 0.1) is 11.6 Å². The molecule has 0 aromatic heterocycles. The van der Waals surface area contributed by atoms with Crippen molar-refractivity contribution in [1.82, 2.24) is 0 Å². The van der Waals surface area contributed by atoms with E-state index in [2.05, 4.69) is 20.1 Å². The minimum absolute atomic E-state index is 0.0623. The first-order chi connectivity index (χ1) is 13.0. The lowest BCUT2D eigenvalue weighted by atomic mass is 10.00. The van der Waals surface area contributed by atoms with Gasteiger partial charge in [0, 0.05) is 5.56 Å². The number of ether oxygens (including phenoxy) is 1. The van der Waals surface area contributed by atoms with Crippen LogP contribution in [0.1, 0.15) is 32.3 Å². The van der Waals surface area contributed by atoms with E-state index in [1.807, 2.05) is 36.4 Å². The van der Waals surface area contributed by atoms with E-state index in [1.54, 1.807) is 13.0 Å². The Morgan fingerprint density at radius 2 is 1.59 bits per heavy atom. The van der Waals surface area contributed by atoms with Crippen molar-refractivity contribution in [3.63, 3.8) is 0 Å². The molecule has 0 amide bonds. The first-order valence-corrected chi connectivity index (χ1v) is 9.20. The molecule has 2 aromatic rings. The molecule has 0 aliphatic carbocycles. The lowest BCUT2D eigenvalue weighted by molar-refractivity contribution is 0.314. The van der Waals surface area contributed by atoms with E-state index in [0.29, 0.717) is 5.56 Å². The van der Waals surface area contributed by atoms with Crippen LogP contribution in [0.15, 0.2) is 72.9 Å². The lowest BCUT2D eigenvalue weighted by Crippen LogP contribution is -1.98. The average Bonchev–Trinajstić information content (AvgIpc) is 2.69. The van der Waals surface area contributed by atoms with Crippen LogP contribution in [0.3, 0.4) is 0 Å². The zero-order valence-corrected chi connectivity index (χ0v) is 16.0. The fourth-order valence-corrected chi connectivity index (χ4v) is 2.61. The second-order valence-corrected chi connectivity index (χ2v) is 6.37. The third-order valence-corrected chi connectivity index (χ3v) is 4.36. The standard InChI is InChI=1S/C24H26F2O/c1-5-17(3)7-8-18(4)9-10-19-11-13-20(14-12-19)21-15-16-22(27-6-2)24(26)23(21)25/h7-8,11-16H,3-6,9-10H2,1-2H3/b8-7-. The van der Waals surface area contributed by atoms with Crippen LogP contribution in [0.4, 0.5) is 8.78 Å².